The number of non-ortho nitro benzene ring substituents is 1. The number of hydrogen-bond acceptors (Lipinski definition) is 7. The first-order valence-electron chi connectivity index (χ1n) is 9.59. The molecule has 0 aliphatic rings. The van der Waals surface area contributed by atoms with E-state index >= 15 is 0 Å². The van der Waals surface area contributed by atoms with E-state index in [0.717, 1.165) is 21.5 Å². The van der Waals surface area contributed by atoms with Gasteiger partial charge in [-0.1, -0.05) is 23.5 Å². The predicted molar refractivity (Wildman–Crippen MR) is 126 cm³/mol. The lowest BCUT2D eigenvalue weighted by Gasteiger charge is -2.22. The summed E-state index contributed by atoms with van der Waals surface area (Å²) in [5, 5.41) is 11.5. The van der Waals surface area contributed by atoms with E-state index in [0.29, 0.717) is 24.8 Å². The van der Waals surface area contributed by atoms with Crippen LogP contribution in [0.5, 0.6) is 5.75 Å². The standard InChI is InChI=1S/C21H24N4O4S.ClH/c1-4-29-17-9-10-18-19(14-17)30-21(22-18)24(12-11-23(2)3)20(26)13-15-5-7-16(8-6-15)25(27)28;/h5-10,14H,4,11-13H2,1-3H3;1H. The molecule has 0 N–H and O–H groups in total. The number of anilines is 1. The summed E-state index contributed by atoms with van der Waals surface area (Å²) < 4.78 is 6.51. The lowest BCUT2D eigenvalue weighted by Crippen LogP contribution is -2.37. The van der Waals surface area contributed by atoms with Crippen LogP contribution < -0.4 is 9.64 Å². The molecule has 0 unspecified atom stereocenters. The van der Waals surface area contributed by atoms with Crippen LogP contribution in [0.4, 0.5) is 10.8 Å². The fourth-order valence-electron chi connectivity index (χ4n) is 2.90. The van der Waals surface area contributed by atoms with Gasteiger partial charge in [-0.15, -0.1) is 12.4 Å². The SMILES string of the molecule is CCOc1ccc2nc(N(CCN(C)C)C(=O)Cc3ccc([N+](=O)[O-])cc3)sc2c1.Cl. The van der Waals surface area contributed by atoms with Crippen molar-refractivity contribution in [1.29, 1.82) is 0 Å². The molecule has 0 spiro atoms. The second kappa shape index (κ2) is 11.0. The zero-order valence-electron chi connectivity index (χ0n) is 17.6. The highest BCUT2D eigenvalue weighted by Crippen LogP contribution is 2.32. The largest absolute Gasteiger partial charge is 0.494 e. The number of halogens is 1. The molecule has 1 aromatic heterocycles. The highest BCUT2D eigenvalue weighted by molar-refractivity contribution is 7.22. The maximum absolute atomic E-state index is 13.1. The van der Waals surface area contributed by atoms with Gasteiger partial charge in [0.05, 0.1) is 28.2 Å². The molecule has 0 aliphatic carbocycles. The second-order valence-electron chi connectivity index (χ2n) is 7.01. The molecule has 0 bridgehead atoms. The first-order valence-corrected chi connectivity index (χ1v) is 10.4. The molecule has 0 atom stereocenters. The van der Waals surface area contributed by atoms with Crippen LogP contribution in [0, 0.1) is 10.1 Å². The predicted octanol–water partition coefficient (Wildman–Crippen LogP) is 4.16. The third-order valence-corrected chi connectivity index (χ3v) is 5.51. The lowest BCUT2D eigenvalue weighted by atomic mass is 10.1. The Morgan fingerprint density at radius 2 is 1.87 bits per heavy atom. The molecular weight excluding hydrogens is 440 g/mol. The van der Waals surface area contributed by atoms with Crippen molar-refractivity contribution in [1.82, 2.24) is 9.88 Å². The van der Waals surface area contributed by atoms with Gasteiger partial charge in [0.1, 0.15) is 5.75 Å². The quantitative estimate of drug-likeness (QED) is 0.349. The smallest absolute Gasteiger partial charge is 0.269 e. The molecule has 31 heavy (non-hydrogen) atoms. The number of aromatic nitrogens is 1. The molecule has 10 heteroatoms. The van der Waals surface area contributed by atoms with E-state index in [1.165, 1.54) is 23.5 Å². The molecule has 8 nitrogen and oxygen atoms in total. The first kappa shape index (κ1) is 24.5. The molecule has 1 amide bonds. The van der Waals surface area contributed by atoms with E-state index in [-0.39, 0.29) is 30.4 Å². The first-order chi connectivity index (χ1) is 14.4. The van der Waals surface area contributed by atoms with Crippen LogP contribution in [0.3, 0.4) is 0 Å². The lowest BCUT2D eigenvalue weighted by molar-refractivity contribution is -0.384. The summed E-state index contributed by atoms with van der Waals surface area (Å²) in [4.78, 5) is 31.8. The van der Waals surface area contributed by atoms with Gasteiger partial charge in [0.25, 0.3) is 5.69 Å². The van der Waals surface area contributed by atoms with Crippen molar-refractivity contribution in [3.8, 4) is 5.75 Å². The van der Waals surface area contributed by atoms with Crippen LogP contribution in [0.1, 0.15) is 12.5 Å². The van der Waals surface area contributed by atoms with Crippen LogP contribution in [0.25, 0.3) is 10.2 Å². The summed E-state index contributed by atoms with van der Waals surface area (Å²) in [6, 6.07) is 11.8. The molecule has 0 aliphatic heterocycles. The van der Waals surface area contributed by atoms with Gasteiger partial charge >= 0.3 is 0 Å². The average Bonchev–Trinajstić information content (AvgIpc) is 3.11. The van der Waals surface area contributed by atoms with Gasteiger partial charge in [0.15, 0.2) is 5.13 Å². The van der Waals surface area contributed by atoms with E-state index in [9.17, 15) is 14.9 Å². The minimum atomic E-state index is -0.452. The topological polar surface area (TPSA) is 88.8 Å². The molecular formula is C21H25ClN4O4S. The summed E-state index contributed by atoms with van der Waals surface area (Å²) in [5.74, 6) is 0.673. The van der Waals surface area contributed by atoms with E-state index in [2.05, 4.69) is 4.98 Å². The van der Waals surface area contributed by atoms with E-state index in [1.54, 1.807) is 17.0 Å². The summed E-state index contributed by atoms with van der Waals surface area (Å²) in [6.07, 6.45) is 0.144. The van der Waals surface area contributed by atoms with E-state index in [4.69, 9.17) is 4.74 Å². The molecule has 1 heterocycles. The van der Waals surface area contributed by atoms with Crippen molar-refractivity contribution in [2.45, 2.75) is 13.3 Å². The number of benzene rings is 2. The summed E-state index contributed by atoms with van der Waals surface area (Å²) in [7, 11) is 3.90. The fraction of sp³-hybridized carbons (Fsp3) is 0.333. The number of ether oxygens (including phenoxy) is 1. The van der Waals surface area contributed by atoms with Crippen molar-refractivity contribution < 1.29 is 14.5 Å². The number of nitro groups is 1. The molecule has 0 saturated carbocycles. The van der Waals surface area contributed by atoms with Crippen molar-refractivity contribution in [2.75, 3.05) is 38.7 Å². The highest BCUT2D eigenvalue weighted by atomic mass is 35.5. The highest BCUT2D eigenvalue weighted by Gasteiger charge is 2.21. The summed E-state index contributed by atoms with van der Waals surface area (Å²) in [5.41, 5.74) is 1.54. The maximum atomic E-state index is 13.1. The molecule has 2 aromatic carbocycles. The normalized spacial score (nSPS) is 10.7. The minimum absolute atomic E-state index is 0. The number of rotatable bonds is 9. The molecule has 3 rings (SSSR count). The van der Waals surface area contributed by atoms with Gasteiger partial charge in [-0.3, -0.25) is 19.8 Å². The third kappa shape index (κ3) is 6.36. The number of nitro benzene ring substituents is 1. The Balaban J connectivity index is 0.00000341. The van der Waals surface area contributed by atoms with E-state index in [1.807, 2.05) is 44.1 Å². The summed E-state index contributed by atoms with van der Waals surface area (Å²) >= 11 is 1.45. The van der Waals surface area contributed by atoms with Crippen LogP contribution in [0.15, 0.2) is 42.5 Å². The Morgan fingerprint density at radius 1 is 1.16 bits per heavy atom. The minimum Gasteiger partial charge on any atom is -0.494 e. The number of nitrogens with zero attached hydrogens (tertiary/aromatic N) is 4. The summed E-state index contributed by atoms with van der Waals surface area (Å²) in [6.45, 7) is 3.70. The number of fused-ring (bicyclic) bond motifs is 1. The monoisotopic (exact) mass is 464 g/mol. The zero-order chi connectivity index (χ0) is 21.7. The Labute approximate surface area is 191 Å². The Bertz CT molecular complexity index is 1040. The molecule has 0 fully saturated rings. The number of carbonyl (C=O) groups is 1. The van der Waals surface area contributed by atoms with Gasteiger partial charge in [-0.2, -0.15) is 0 Å². The van der Waals surface area contributed by atoms with E-state index < -0.39 is 4.92 Å². The van der Waals surface area contributed by atoms with Gasteiger partial charge in [0.2, 0.25) is 5.91 Å². The van der Waals surface area contributed by atoms with Gasteiger partial charge in [-0.05, 0) is 44.8 Å². The zero-order valence-corrected chi connectivity index (χ0v) is 19.2. The average molecular weight is 465 g/mol. The molecule has 166 valence electrons. The van der Waals surface area contributed by atoms with Crippen molar-refractivity contribution in [3.63, 3.8) is 0 Å². The van der Waals surface area contributed by atoms with Crippen LogP contribution in [-0.4, -0.2) is 54.5 Å². The Morgan fingerprint density at radius 3 is 2.48 bits per heavy atom. The van der Waals surface area contributed by atoms with Gasteiger partial charge in [-0.25, -0.2) is 4.98 Å². The molecule has 0 radical (unpaired) electrons. The van der Waals surface area contributed by atoms with Crippen molar-refractivity contribution >= 4 is 50.7 Å². The number of hydrogen-bond donors (Lipinski definition) is 0. The number of likely N-dealkylation sites (N-methyl/N-ethyl adjacent to an activating group) is 1. The third-order valence-electron chi connectivity index (χ3n) is 4.46. The van der Waals surface area contributed by atoms with Crippen LogP contribution in [0.2, 0.25) is 0 Å². The fourth-order valence-corrected chi connectivity index (χ4v) is 3.93. The van der Waals surface area contributed by atoms with Crippen molar-refractivity contribution in [3.05, 3.63) is 58.1 Å². The van der Waals surface area contributed by atoms with Crippen molar-refractivity contribution in [2.24, 2.45) is 0 Å². The Kier molecular flexibility index (Phi) is 8.73. The molecule has 3 aromatic rings. The number of carbonyl (C=O) groups excluding carboxylic acids is 1. The maximum Gasteiger partial charge on any atom is 0.269 e. The number of thiazole rings is 1. The van der Waals surface area contributed by atoms with Crippen LogP contribution in [-0.2, 0) is 11.2 Å². The van der Waals surface area contributed by atoms with Gasteiger partial charge in [0, 0.05) is 25.2 Å². The number of amides is 1. The van der Waals surface area contributed by atoms with Crippen LogP contribution >= 0.6 is 23.7 Å². The Hall–Kier alpha value is -2.75. The molecule has 0 saturated heterocycles. The second-order valence-corrected chi connectivity index (χ2v) is 8.02. The van der Waals surface area contributed by atoms with Gasteiger partial charge < -0.3 is 9.64 Å².